The predicted octanol–water partition coefficient (Wildman–Crippen LogP) is 4.26. The normalized spacial score (nSPS) is 12.4. The summed E-state index contributed by atoms with van der Waals surface area (Å²) in [6.45, 7) is 4.24. The second-order valence-corrected chi connectivity index (χ2v) is 4.83. The smallest absolute Gasteiger partial charge is 0.194 e. The molecule has 2 aromatic carbocycles. The van der Waals surface area contributed by atoms with Gasteiger partial charge < -0.3 is 5.32 Å². The minimum absolute atomic E-state index is 0.0346. The van der Waals surface area contributed by atoms with Gasteiger partial charge in [-0.1, -0.05) is 24.3 Å². The maximum Gasteiger partial charge on any atom is 0.194 e. The molecule has 1 atom stereocenters. The SMILES string of the molecule is Cc1ccccc1C(C)NCc1cc(F)c(F)c(F)c1. The first-order valence-corrected chi connectivity index (χ1v) is 6.41. The van der Waals surface area contributed by atoms with Crippen LogP contribution in [-0.2, 0) is 6.54 Å². The van der Waals surface area contributed by atoms with Crippen molar-refractivity contribution in [2.45, 2.75) is 26.4 Å². The van der Waals surface area contributed by atoms with Crippen LogP contribution in [0, 0.1) is 24.4 Å². The van der Waals surface area contributed by atoms with Crippen LogP contribution < -0.4 is 5.32 Å². The van der Waals surface area contributed by atoms with E-state index in [0.717, 1.165) is 23.3 Å². The topological polar surface area (TPSA) is 12.0 Å². The molecule has 0 bridgehead atoms. The molecule has 4 heteroatoms. The highest BCUT2D eigenvalue weighted by molar-refractivity contribution is 5.28. The maximum atomic E-state index is 13.1. The Kier molecular flexibility index (Phi) is 4.45. The van der Waals surface area contributed by atoms with E-state index in [1.807, 2.05) is 38.1 Å². The molecule has 0 aliphatic rings. The van der Waals surface area contributed by atoms with E-state index in [4.69, 9.17) is 0 Å². The molecule has 0 heterocycles. The molecule has 0 radical (unpaired) electrons. The summed E-state index contributed by atoms with van der Waals surface area (Å²) in [5, 5.41) is 3.17. The average molecular weight is 279 g/mol. The monoisotopic (exact) mass is 279 g/mol. The van der Waals surface area contributed by atoms with E-state index in [2.05, 4.69) is 5.32 Å². The summed E-state index contributed by atoms with van der Waals surface area (Å²) >= 11 is 0. The molecule has 1 unspecified atom stereocenters. The Morgan fingerprint density at radius 2 is 1.65 bits per heavy atom. The van der Waals surface area contributed by atoms with Crippen molar-refractivity contribution in [3.8, 4) is 0 Å². The Bertz CT molecular complexity index is 587. The van der Waals surface area contributed by atoms with Gasteiger partial charge in [0.2, 0.25) is 0 Å². The molecule has 2 aromatic rings. The van der Waals surface area contributed by atoms with Crippen LogP contribution >= 0.6 is 0 Å². The number of hydrogen-bond donors (Lipinski definition) is 1. The van der Waals surface area contributed by atoms with Crippen LogP contribution in [0.15, 0.2) is 36.4 Å². The summed E-state index contributed by atoms with van der Waals surface area (Å²) in [4.78, 5) is 0. The first kappa shape index (κ1) is 14.6. The second kappa shape index (κ2) is 6.09. The number of hydrogen-bond acceptors (Lipinski definition) is 1. The highest BCUT2D eigenvalue weighted by atomic mass is 19.2. The van der Waals surface area contributed by atoms with Crippen molar-refractivity contribution >= 4 is 0 Å². The fourth-order valence-electron chi connectivity index (χ4n) is 2.16. The van der Waals surface area contributed by atoms with Crippen molar-refractivity contribution in [2.75, 3.05) is 0 Å². The van der Waals surface area contributed by atoms with Gasteiger partial charge in [-0.25, -0.2) is 13.2 Å². The Morgan fingerprint density at radius 1 is 1.05 bits per heavy atom. The Labute approximate surface area is 116 Å². The molecule has 0 spiro atoms. The molecular weight excluding hydrogens is 263 g/mol. The van der Waals surface area contributed by atoms with Crippen LogP contribution in [0.2, 0.25) is 0 Å². The van der Waals surface area contributed by atoms with Gasteiger partial charge in [0.1, 0.15) is 0 Å². The van der Waals surface area contributed by atoms with Crippen molar-refractivity contribution in [3.63, 3.8) is 0 Å². The third-order valence-electron chi connectivity index (χ3n) is 3.31. The minimum atomic E-state index is -1.43. The third kappa shape index (κ3) is 3.20. The lowest BCUT2D eigenvalue weighted by atomic mass is 10.0. The van der Waals surface area contributed by atoms with Crippen molar-refractivity contribution < 1.29 is 13.2 Å². The highest BCUT2D eigenvalue weighted by Gasteiger charge is 2.12. The van der Waals surface area contributed by atoms with Gasteiger partial charge in [0.15, 0.2) is 17.5 Å². The summed E-state index contributed by atoms with van der Waals surface area (Å²) in [5.41, 5.74) is 2.64. The highest BCUT2D eigenvalue weighted by Crippen LogP contribution is 2.18. The van der Waals surface area contributed by atoms with Gasteiger partial charge in [-0.15, -0.1) is 0 Å². The first-order valence-electron chi connectivity index (χ1n) is 6.41. The molecular formula is C16H16F3N. The van der Waals surface area contributed by atoms with Gasteiger partial charge in [0.05, 0.1) is 0 Å². The molecule has 0 fully saturated rings. The standard InChI is InChI=1S/C16H16F3N/c1-10-5-3-4-6-13(10)11(2)20-9-12-7-14(17)16(19)15(18)8-12/h3-8,11,20H,9H2,1-2H3. The fraction of sp³-hybridized carbons (Fsp3) is 0.250. The molecule has 0 amide bonds. The molecule has 1 N–H and O–H groups in total. The van der Waals surface area contributed by atoms with E-state index >= 15 is 0 Å². The molecule has 0 aliphatic heterocycles. The van der Waals surface area contributed by atoms with Crippen molar-refractivity contribution in [1.82, 2.24) is 5.32 Å². The lowest BCUT2D eigenvalue weighted by molar-refractivity contribution is 0.443. The molecule has 106 valence electrons. The van der Waals surface area contributed by atoms with E-state index in [1.54, 1.807) is 0 Å². The van der Waals surface area contributed by atoms with Gasteiger partial charge in [-0.3, -0.25) is 0 Å². The van der Waals surface area contributed by atoms with Crippen LogP contribution in [0.5, 0.6) is 0 Å². The van der Waals surface area contributed by atoms with Gasteiger partial charge >= 0.3 is 0 Å². The summed E-state index contributed by atoms with van der Waals surface area (Å²) in [7, 11) is 0. The van der Waals surface area contributed by atoms with E-state index < -0.39 is 17.5 Å². The number of rotatable bonds is 4. The van der Waals surface area contributed by atoms with E-state index in [9.17, 15) is 13.2 Å². The molecule has 0 aliphatic carbocycles. The lowest BCUT2D eigenvalue weighted by Gasteiger charge is -2.16. The second-order valence-electron chi connectivity index (χ2n) is 4.83. The maximum absolute atomic E-state index is 13.1. The molecule has 20 heavy (non-hydrogen) atoms. The van der Waals surface area contributed by atoms with Crippen molar-refractivity contribution in [2.24, 2.45) is 0 Å². The lowest BCUT2D eigenvalue weighted by Crippen LogP contribution is -2.19. The average Bonchev–Trinajstić information content (AvgIpc) is 2.42. The van der Waals surface area contributed by atoms with Crippen LogP contribution in [-0.4, -0.2) is 0 Å². The Hall–Kier alpha value is -1.81. The van der Waals surface area contributed by atoms with Crippen molar-refractivity contribution in [1.29, 1.82) is 0 Å². The van der Waals surface area contributed by atoms with E-state index in [-0.39, 0.29) is 12.6 Å². The Balaban J connectivity index is 2.07. The molecule has 0 aromatic heterocycles. The third-order valence-corrected chi connectivity index (χ3v) is 3.31. The van der Waals surface area contributed by atoms with Crippen LogP contribution in [0.3, 0.4) is 0 Å². The summed E-state index contributed by atoms with van der Waals surface area (Å²) in [6, 6.07) is 9.95. The van der Waals surface area contributed by atoms with Crippen LogP contribution in [0.1, 0.15) is 29.7 Å². The van der Waals surface area contributed by atoms with Gasteiger partial charge in [0.25, 0.3) is 0 Å². The molecule has 0 saturated heterocycles. The molecule has 0 saturated carbocycles. The number of aryl methyl sites for hydroxylation is 1. The zero-order chi connectivity index (χ0) is 14.7. The summed E-state index contributed by atoms with van der Waals surface area (Å²) in [5.74, 6) is -3.75. The fourth-order valence-corrected chi connectivity index (χ4v) is 2.16. The summed E-state index contributed by atoms with van der Waals surface area (Å²) < 4.78 is 39.1. The number of halogens is 3. The summed E-state index contributed by atoms with van der Waals surface area (Å²) in [6.07, 6.45) is 0. The largest absolute Gasteiger partial charge is 0.306 e. The van der Waals surface area contributed by atoms with Crippen LogP contribution in [0.4, 0.5) is 13.2 Å². The predicted molar refractivity (Wildman–Crippen MR) is 72.7 cm³/mol. The molecule has 1 nitrogen and oxygen atoms in total. The Morgan fingerprint density at radius 3 is 2.25 bits per heavy atom. The number of nitrogens with one attached hydrogen (secondary N) is 1. The quantitative estimate of drug-likeness (QED) is 0.824. The number of benzene rings is 2. The van der Waals surface area contributed by atoms with Gasteiger partial charge in [-0.2, -0.15) is 0 Å². The van der Waals surface area contributed by atoms with Gasteiger partial charge in [0, 0.05) is 12.6 Å². The zero-order valence-corrected chi connectivity index (χ0v) is 11.4. The minimum Gasteiger partial charge on any atom is -0.306 e. The first-order chi connectivity index (χ1) is 9.49. The molecule has 2 rings (SSSR count). The van der Waals surface area contributed by atoms with E-state index in [1.165, 1.54) is 0 Å². The zero-order valence-electron chi connectivity index (χ0n) is 11.4. The van der Waals surface area contributed by atoms with E-state index in [0.29, 0.717) is 5.56 Å². The van der Waals surface area contributed by atoms with Crippen LogP contribution in [0.25, 0.3) is 0 Å². The van der Waals surface area contributed by atoms with Gasteiger partial charge in [-0.05, 0) is 42.7 Å². The van der Waals surface area contributed by atoms with Crippen molar-refractivity contribution in [3.05, 3.63) is 70.5 Å².